The summed E-state index contributed by atoms with van der Waals surface area (Å²) in [6, 6.07) is 0. The van der Waals surface area contributed by atoms with Crippen LogP contribution in [0.25, 0.3) is 0 Å². The lowest BCUT2D eigenvalue weighted by Crippen LogP contribution is -2.60. The van der Waals surface area contributed by atoms with Crippen molar-refractivity contribution >= 4 is 11.9 Å². The predicted octanol–water partition coefficient (Wildman–Crippen LogP) is -0.770. The van der Waals surface area contributed by atoms with Gasteiger partial charge in [-0.3, -0.25) is 0 Å². The first kappa shape index (κ1) is 31.9. The fraction of sp³-hybridized carbons (Fsp3) is 0.724. The Morgan fingerprint density at radius 1 is 1.02 bits per heavy atom. The van der Waals surface area contributed by atoms with E-state index in [0.717, 1.165) is 0 Å². The first-order chi connectivity index (χ1) is 20.6. The molecule has 4 aliphatic heterocycles. The Morgan fingerprint density at radius 2 is 1.74 bits per heavy atom. The summed E-state index contributed by atoms with van der Waals surface area (Å²) in [5, 5.41) is 50.8. The molecular weight excluding hydrogens is 572 g/mol. The Balaban J connectivity index is 1.33. The van der Waals surface area contributed by atoms with Crippen molar-refractivity contribution in [1.82, 2.24) is 0 Å². The van der Waals surface area contributed by atoms with Crippen LogP contribution in [0.15, 0.2) is 36.3 Å². The highest BCUT2D eigenvalue weighted by molar-refractivity contribution is 5.90. The number of epoxide rings is 1. The third-order valence-corrected chi connectivity index (χ3v) is 9.22. The van der Waals surface area contributed by atoms with E-state index in [9.17, 15) is 35.1 Å². The maximum absolute atomic E-state index is 13.7. The fourth-order valence-corrected chi connectivity index (χ4v) is 6.60. The minimum absolute atomic E-state index is 0.0541. The molecule has 1 saturated carbocycles. The number of rotatable bonds is 10. The third kappa shape index (κ3) is 6.33. The summed E-state index contributed by atoms with van der Waals surface area (Å²) < 4.78 is 38.7. The van der Waals surface area contributed by atoms with Crippen molar-refractivity contribution in [3.63, 3.8) is 0 Å². The highest BCUT2D eigenvalue weighted by Gasteiger charge is 2.53. The molecule has 5 N–H and O–H groups in total. The van der Waals surface area contributed by atoms with Crippen LogP contribution in [-0.2, 0) is 42.7 Å². The minimum atomic E-state index is -1.64. The average Bonchev–Trinajstić information content (AvgIpc) is 3.78. The second-order valence-corrected chi connectivity index (χ2v) is 11.7. The van der Waals surface area contributed by atoms with Crippen molar-refractivity contribution in [2.45, 2.75) is 81.7 Å². The highest BCUT2D eigenvalue weighted by atomic mass is 16.8. The molecule has 0 spiro atoms. The van der Waals surface area contributed by atoms with E-state index >= 15 is 0 Å². The monoisotopic (exact) mass is 612 g/mol. The SMILES string of the molecule is C=C[C@H]1[C@H](O[C@@H]2O[C@H](CO)[C@@H](O)[C@H](O)[C@H]2O)OC=C(C(=O)O[C@H]2C[C@@H]3C(C(=O)OC)=CO[C@@H](O)[C@@H]3[C@H]2C)[C@H]1CCC1CO1. The second-order valence-electron chi connectivity index (χ2n) is 11.7. The molecule has 14 nitrogen and oxygen atoms in total. The molecule has 5 aliphatic rings. The van der Waals surface area contributed by atoms with Gasteiger partial charge in [-0.05, 0) is 19.3 Å². The van der Waals surface area contributed by atoms with E-state index in [1.54, 1.807) is 6.08 Å². The van der Waals surface area contributed by atoms with Gasteiger partial charge in [0.15, 0.2) is 12.6 Å². The summed E-state index contributed by atoms with van der Waals surface area (Å²) >= 11 is 0. The van der Waals surface area contributed by atoms with Crippen molar-refractivity contribution in [1.29, 1.82) is 0 Å². The number of carbonyl (C=O) groups excluding carboxylic acids is 2. The van der Waals surface area contributed by atoms with E-state index in [1.807, 2.05) is 6.92 Å². The molecule has 2 saturated heterocycles. The summed E-state index contributed by atoms with van der Waals surface area (Å²) in [4.78, 5) is 26.0. The first-order valence-electron chi connectivity index (χ1n) is 14.5. The molecule has 0 amide bonds. The summed E-state index contributed by atoms with van der Waals surface area (Å²) in [6.07, 6.45) is -4.95. The van der Waals surface area contributed by atoms with Gasteiger partial charge < -0.3 is 58.7 Å². The maximum Gasteiger partial charge on any atom is 0.337 e. The number of fused-ring (bicyclic) bond motifs is 1. The third-order valence-electron chi connectivity index (χ3n) is 9.22. The normalized spacial score (nSPS) is 43.7. The Morgan fingerprint density at radius 3 is 2.40 bits per heavy atom. The number of hydrogen-bond donors (Lipinski definition) is 5. The van der Waals surface area contributed by atoms with Crippen LogP contribution in [0.3, 0.4) is 0 Å². The van der Waals surface area contributed by atoms with Gasteiger partial charge in [-0.2, -0.15) is 0 Å². The Kier molecular flexibility index (Phi) is 9.78. The average molecular weight is 613 g/mol. The summed E-state index contributed by atoms with van der Waals surface area (Å²) in [5.41, 5.74) is 0.493. The van der Waals surface area contributed by atoms with E-state index in [1.165, 1.54) is 19.6 Å². The molecule has 0 aromatic heterocycles. The summed E-state index contributed by atoms with van der Waals surface area (Å²) in [7, 11) is 1.26. The Bertz CT molecular complexity index is 1100. The smallest absolute Gasteiger partial charge is 0.337 e. The van der Waals surface area contributed by atoms with Crippen molar-refractivity contribution in [3.8, 4) is 0 Å². The summed E-state index contributed by atoms with van der Waals surface area (Å²) in [5.74, 6) is -3.63. The second kappa shape index (κ2) is 13.2. The van der Waals surface area contributed by atoms with Crippen molar-refractivity contribution in [2.24, 2.45) is 29.6 Å². The quantitative estimate of drug-likeness (QED) is 0.117. The lowest BCUT2D eigenvalue weighted by atomic mass is 9.80. The minimum Gasteiger partial charge on any atom is -0.472 e. The number of methoxy groups -OCH3 is 1. The zero-order valence-electron chi connectivity index (χ0n) is 24.0. The van der Waals surface area contributed by atoms with Gasteiger partial charge in [-0.1, -0.05) is 13.0 Å². The Hall–Kier alpha value is -2.56. The first-order valence-corrected chi connectivity index (χ1v) is 14.5. The van der Waals surface area contributed by atoms with Gasteiger partial charge in [-0.15, -0.1) is 6.58 Å². The Labute approximate surface area is 248 Å². The van der Waals surface area contributed by atoms with Crippen LogP contribution in [0.4, 0.5) is 0 Å². The van der Waals surface area contributed by atoms with Gasteiger partial charge in [0.05, 0.1) is 50.1 Å². The number of carbonyl (C=O) groups is 2. The van der Waals surface area contributed by atoms with Gasteiger partial charge in [0.25, 0.3) is 0 Å². The molecule has 240 valence electrons. The van der Waals surface area contributed by atoms with Gasteiger partial charge in [0.1, 0.15) is 30.5 Å². The molecule has 5 rings (SSSR count). The van der Waals surface area contributed by atoms with Crippen LogP contribution in [0.1, 0.15) is 26.2 Å². The van der Waals surface area contributed by atoms with Crippen LogP contribution in [0, 0.1) is 29.6 Å². The van der Waals surface area contributed by atoms with Gasteiger partial charge in [0.2, 0.25) is 6.29 Å². The van der Waals surface area contributed by atoms with E-state index in [-0.39, 0.29) is 29.6 Å². The predicted molar refractivity (Wildman–Crippen MR) is 142 cm³/mol. The molecule has 0 aromatic rings. The molecule has 14 atom stereocenters. The van der Waals surface area contributed by atoms with Crippen molar-refractivity contribution in [2.75, 3.05) is 20.3 Å². The molecule has 43 heavy (non-hydrogen) atoms. The van der Waals surface area contributed by atoms with Crippen LogP contribution in [0.5, 0.6) is 0 Å². The largest absolute Gasteiger partial charge is 0.472 e. The number of esters is 2. The van der Waals surface area contributed by atoms with E-state index in [4.69, 9.17) is 33.2 Å². The lowest BCUT2D eigenvalue weighted by molar-refractivity contribution is -0.339. The summed E-state index contributed by atoms with van der Waals surface area (Å²) in [6.45, 7) is 5.71. The maximum atomic E-state index is 13.7. The molecule has 14 heteroatoms. The molecule has 0 radical (unpaired) electrons. The molecule has 3 fully saturated rings. The molecule has 0 bridgehead atoms. The molecular formula is C29H40O14. The zero-order chi connectivity index (χ0) is 31.0. The van der Waals surface area contributed by atoms with Crippen LogP contribution in [-0.4, -0.2) is 113 Å². The molecule has 1 aliphatic carbocycles. The zero-order valence-corrected chi connectivity index (χ0v) is 24.0. The molecule has 0 aromatic carbocycles. The van der Waals surface area contributed by atoms with Crippen LogP contribution in [0.2, 0.25) is 0 Å². The topological polar surface area (TPSA) is 203 Å². The molecule has 1 unspecified atom stereocenters. The van der Waals surface area contributed by atoms with E-state index < -0.39 is 91.6 Å². The van der Waals surface area contributed by atoms with Crippen molar-refractivity contribution in [3.05, 3.63) is 36.3 Å². The fourth-order valence-electron chi connectivity index (χ4n) is 6.60. The number of ether oxygens (including phenoxy) is 7. The van der Waals surface area contributed by atoms with Crippen LogP contribution < -0.4 is 0 Å². The van der Waals surface area contributed by atoms with Crippen LogP contribution >= 0.6 is 0 Å². The van der Waals surface area contributed by atoms with E-state index in [0.29, 0.717) is 19.4 Å². The number of aliphatic hydroxyl groups is 5. The standard InChI is InChI=1S/C29H40O14/c1-4-14-15(6-5-13-9-38-13)17(11-40-28(14)43-29-24(33)23(32)22(31)20(8-30)42-29)26(35)41-19-7-16-18(25(34)37-3)10-39-27(36)21(16)12(19)2/h4,10-16,19-24,27-33,36H,1,5-9H2,2-3H3/t12-,13?,14+,15-,16+,19-,20+,21+,22+,23-,24+,27+,28-,29-/m0/s1. The number of aliphatic hydroxyl groups excluding tert-OH is 5. The van der Waals surface area contributed by atoms with Gasteiger partial charge >= 0.3 is 11.9 Å². The molecule has 4 heterocycles. The number of hydrogen-bond acceptors (Lipinski definition) is 14. The van der Waals surface area contributed by atoms with Gasteiger partial charge in [-0.25, -0.2) is 9.59 Å². The van der Waals surface area contributed by atoms with Gasteiger partial charge in [0, 0.05) is 29.6 Å². The highest BCUT2D eigenvalue weighted by Crippen LogP contribution is 2.48. The lowest BCUT2D eigenvalue weighted by Gasteiger charge is -2.43. The van der Waals surface area contributed by atoms with E-state index in [2.05, 4.69) is 6.58 Å². The van der Waals surface area contributed by atoms with Crippen molar-refractivity contribution < 1.29 is 68.3 Å².